The fourth-order valence-corrected chi connectivity index (χ4v) is 1.37. The normalized spacial score (nSPS) is 10.3. The lowest BCUT2D eigenvalue weighted by molar-refractivity contribution is 0.467. The molecule has 1 rings (SSSR count). The quantitative estimate of drug-likeness (QED) is 0.666. The molecule has 0 aliphatic rings. The molecular formula is C10H15NO. The van der Waals surface area contributed by atoms with Crippen molar-refractivity contribution in [3.8, 4) is 5.75 Å². The van der Waals surface area contributed by atoms with E-state index in [-0.39, 0.29) is 0 Å². The number of aryl methyl sites for hydroxylation is 1. The van der Waals surface area contributed by atoms with Gasteiger partial charge in [0.15, 0.2) is 0 Å². The second-order valence-corrected chi connectivity index (χ2v) is 3.15. The van der Waals surface area contributed by atoms with Crippen LogP contribution in [0.25, 0.3) is 0 Å². The Bertz CT molecular complexity index is 305. The average molecular weight is 165 g/mol. The third kappa shape index (κ3) is 1.30. The van der Waals surface area contributed by atoms with Crippen LogP contribution in [-0.4, -0.2) is 5.11 Å². The first-order valence-corrected chi connectivity index (χ1v) is 4.06. The zero-order valence-corrected chi connectivity index (χ0v) is 7.81. The summed E-state index contributed by atoms with van der Waals surface area (Å²) in [7, 11) is 0. The fraction of sp³-hybridized carbons (Fsp3) is 0.400. The van der Waals surface area contributed by atoms with Gasteiger partial charge >= 0.3 is 0 Å². The number of aromatic hydroxyl groups is 1. The van der Waals surface area contributed by atoms with Crippen LogP contribution in [0.5, 0.6) is 5.75 Å². The van der Waals surface area contributed by atoms with Crippen molar-refractivity contribution in [1.82, 2.24) is 0 Å². The van der Waals surface area contributed by atoms with Crippen LogP contribution in [0.1, 0.15) is 22.3 Å². The highest BCUT2D eigenvalue weighted by Crippen LogP contribution is 2.25. The highest BCUT2D eigenvalue weighted by molar-refractivity contribution is 5.47. The summed E-state index contributed by atoms with van der Waals surface area (Å²) in [4.78, 5) is 0. The van der Waals surface area contributed by atoms with Gasteiger partial charge in [-0.25, -0.2) is 0 Å². The van der Waals surface area contributed by atoms with E-state index in [1.54, 1.807) is 6.07 Å². The van der Waals surface area contributed by atoms with Gasteiger partial charge < -0.3 is 10.8 Å². The molecular weight excluding hydrogens is 150 g/mol. The van der Waals surface area contributed by atoms with E-state index in [1.165, 1.54) is 5.56 Å². The summed E-state index contributed by atoms with van der Waals surface area (Å²) < 4.78 is 0. The summed E-state index contributed by atoms with van der Waals surface area (Å²) in [5.41, 5.74) is 9.81. The van der Waals surface area contributed by atoms with E-state index in [4.69, 9.17) is 5.73 Å². The van der Waals surface area contributed by atoms with Gasteiger partial charge in [-0.15, -0.1) is 0 Å². The molecule has 0 aliphatic heterocycles. The lowest BCUT2D eigenvalue weighted by Crippen LogP contribution is -2.02. The van der Waals surface area contributed by atoms with E-state index in [0.717, 1.165) is 16.7 Å². The molecule has 0 saturated carbocycles. The monoisotopic (exact) mass is 165 g/mol. The van der Waals surface area contributed by atoms with E-state index >= 15 is 0 Å². The number of hydrogen-bond acceptors (Lipinski definition) is 2. The van der Waals surface area contributed by atoms with Gasteiger partial charge in [-0.1, -0.05) is 0 Å². The third-order valence-electron chi connectivity index (χ3n) is 2.47. The van der Waals surface area contributed by atoms with E-state index < -0.39 is 0 Å². The summed E-state index contributed by atoms with van der Waals surface area (Å²) in [6.45, 7) is 6.43. The summed E-state index contributed by atoms with van der Waals surface area (Å²) in [6, 6.07) is 1.77. The van der Waals surface area contributed by atoms with Crippen LogP contribution >= 0.6 is 0 Å². The van der Waals surface area contributed by atoms with Crippen molar-refractivity contribution in [2.75, 3.05) is 0 Å². The maximum absolute atomic E-state index is 9.52. The standard InChI is InChI=1S/C10H15NO/c1-6-4-10(12)9(5-11)8(3)7(6)2/h4,12H,5,11H2,1-3H3. The molecule has 0 aliphatic carbocycles. The van der Waals surface area contributed by atoms with Gasteiger partial charge in [-0.3, -0.25) is 0 Å². The molecule has 0 amide bonds. The maximum atomic E-state index is 9.52. The van der Waals surface area contributed by atoms with Crippen LogP contribution in [0.15, 0.2) is 6.07 Å². The molecule has 0 bridgehead atoms. The molecule has 3 N–H and O–H groups in total. The third-order valence-corrected chi connectivity index (χ3v) is 2.47. The van der Waals surface area contributed by atoms with Crippen LogP contribution in [0.4, 0.5) is 0 Å². The van der Waals surface area contributed by atoms with Crippen LogP contribution in [0.2, 0.25) is 0 Å². The fourth-order valence-electron chi connectivity index (χ4n) is 1.37. The first kappa shape index (κ1) is 9.07. The van der Waals surface area contributed by atoms with E-state index in [1.807, 2.05) is 20.8 Å². The van der Waals surface area contributed by atoms with E-state index in [0.29, 0.717) is 12.3 Å². The molecule has 0 unspecified atom stereocenters. The predicted octanol–water partition coefficient (Wildman–Crippen LogP) is 1.78. The smallest absolute Gasteiger partial charge is 0.120 e. The Morgan fingerprint density at radius 1 is 1.25 bits per heavy atom. The van der Waals surface area contributed by atoms with Crippen molar-refractivity contribution in [1.29, 1.82) is 0 Å². The molecule has 0 fully saturated rings. The van der Waals surface area contributed by atoms with Crippen molar-refractivity contribution in [2.24, 2.45) is 5.73 Å². The zero-order chi connectivity index (χ0) is 9.30. The maximum Gasteiger partial charge on any atom is 0.120 e. The van der Waals surface area contributed by atoms with Crippen LogP contribution in [-0.2, 0) is 6.54 Å². The van der Waals surface area contributed by atoms with Crippen LogP contribution in [0, 0.1) is 20.8 Å². The first-order valence-electron chi connectivity index (χ1n) is 4.06. The molecule has 0 atom stereocenters. The Kier molecular flexibility index (Phi) is 2.38. The predicted molar refractivity (Wildman–Crippen MR) is 50.2 cm³/mol. The van der Waals surface area contributed by atoms with E-state index in [9.17, 15) is 5.11 Å². The highest BCUT2D eigenvalue weighted by Gasteiger charge is 2.07. The molecule has 66 valence electrons. The lowest BCUT2D eigenvalue weighted by Gasteiger charge is -2.11. The Morgan fingerprint density at radius 3 is 2.33 bits per heavy atom. The minimum Gasteiger partial charge on any atom is -0.508 e. The van der Waals surface area contributed by atoms with Gasteiger partial charge in [0.25, 0.3) is 0 Å². The number of phenols is 1. The molecule has 0 spiro atoms. The van der Waals surface area contributed by atoms with Gasteiger partial charge in [0, 0.05) is 12.1 Å². The van der Waals surface area contributed by atoms with Gasteiger partial charge in [0.2, 0.25) is 0 Å². The molecule has 0 radical (unpaired) electrons. The minimum atomic E-state index is 0.318. The van der Waals surface area contributed by atoms with E-state index in [2.05, 4.69) is 0 Å². The summed E-state index contributed by atoms with van der Waals surface area (Å²) in [6.07, 6.45) is 0. The summed E-state index contributed by atoms with van der Waals surface area (Å²) in [5, 5.41) is 9.52. The molecule has 0 aromatic heterocycles. The number of nitrogens with two attached hydrogens (primary N) is 1. The van der Waals surface area contributed by atoms with Crippen molar-refractivity contribution in [3.05, 3.63) is 28.3 Å². The van der Waals surface area contributed by atoms with Gasteiger partial charge in [0.05, 0.1) is 0 Å². The second kappa shape index (κ2) is 3.15. The molecule has 0 saturated heterocycles. The Labute approximate surface area is 73.0 Å². The molecule has 1 aromatic carbocycles. The summed E-state index contributed by atoms with van der Waals surface area (Å²) >= 11 is 0. The number of phenolic OH excluding ortho intramolecular Hbond substituents is 1. The van der Waals surface area contributed by atoms with Crippen molar-refractivity contribution < 1.29 is 5.11 Å². The Balaban J connectivity index is 3.40. The van der Waals surface area contributed by atoms with Gasteiger partial charge in [0.1, 0.15) is 5.75 Å². The Morgan fingerprint density at radius 2 is 1.83 bits per heavy atom. The molecule has 2 nitrogen and oxygen atoms in total. The van der Waals surface area contributed by atoms with Gasteiger partial charge in [-0.2, -0.15) is 0 Å². The highest BCUT2D eigenvalue weighted by atomic mass is 16.3. The van der Waals surface area contributed by atoms with Crippen LogP contribution < -0.4 is 5.73 Å². The first-order chi connectivity index (χ1) is 5.57. The molecule has 1 aromatic rings. The minimum absolute atomic E-state index is 0.318. The topological polar surface area (TPSA) is 46.2 Å². The van der Waals surface area contributed by atoms with Crippen molar-refractivity contribution in [3.63, 3.8) is 0 Å². The molecule has 2 heteroatoms. The molecule has 12 heavy (non-hydrogen) atoms. The number of rotatable bonds is 1. The largest absolute Gasteiger partial charge is 0.508 e. The van der Waals surface area contributed by atoms with Gasteiger partial charge in [-0.05, 0) is 43.5 Å². The summed E-state index contributed by atoms with van der Waals surface area (Å²) in [5.74, 6) is 0.318. The van der Waals surface area contributed by atoms with Crippen molar-refractivity contribution in [2.45, 2.75) is 27.3 Å². The number of hydrogen-bond donors (Lipinski definition) is 2. The zero-order valence-electron chi connectivity index (χ0n) is 7.81. The SMILES string of the molecule is Cc1cc(O)c(CN)c(C)c1C. The average Bonchev–Trinajstić information content (AvgIpc) is 2.01. The number of benzene rings is 1. The Hall–Kier alpha value is -1.02. The molecule has 0 heterocycles. The lowest BCUT2D eigenvalue weighted by atomic mass is 9.98. The second-order valence-electron chi connectivity index (χ2n) is 3.15. The van der Waals surface area contributed by atoms with Crippen LogP contribution in [0.3, 0.4) is 0 Å². The van der Waals surface area contributed by atoms with Crippen molar-refractivity contribution >= 4 is 0 Å².